The Morgan fingerprint density at radius 1 is 1.60 bits per heavy atom. The first-order valence-corrected chi connectivity index (χ1v) is 6.98. The Bertz CT molecular complexity index is 443. The highest BCUT2D eigenvalue weighted by atomic mass is 16.5. The van der Waals surface area contributed by atoms with Crippen molar-refractivity contribution in [3.05, 3.63) is 23.7 Å². The largest absolute Gasteiger partial charge is 0.455 e. The van der Waals surface area contributed by atoms with Crippen molar-refractivity contribution in [2.24, 2.45) is 11.8 Å². The summed E-state index contributed by atoms with van der Waals surface area (Å²) >= 11 is 0. The predicted molar refractivity (Wildman–Crippen MR) is 74.8 cm³/mol. The summed E-state index contributed by atoms with van der Waals surface area (Å²) < 4.78 is 10.7. The molecule has 6 heteroatoms. The van der Waals surface area contributed by atoms with Crippen LogP contribution in [0.5, 0.6) is 0 Å². The molecule has 0 saturated heterocycles. The monoisotopic (exact) mass is 281 g/mol. The zero-order valence-corrected chi connectivity index (χ0v) is 12.1. The van der Waals surface area contributed by atoms with Crippen LogP contribution >= 0.6 is 0 Å². The van der Waals surface area contributed by atoms with Crippen LogP contribution < -0.4 is 11.3 Å². The van der Waals surface area contributed by atoms with Crippen LogP contribution in [0, 0.1) is 5.92 Å². The van der Waals surface area contributed by atoms with E-state index < -0.39 is 5.91 Å². The zero-order valence-electron chi connectivity index (χ0n) is 12.1. The van der Waals surface area contributed by atoms with E-state index in [-0.39, 0.29) is 5.76 Å². The van der Waals surface area contributed by atoms with Gasteiger partial charge in [-0.05, 0) is 37.8 Å². The number of nitrogens with one attached hydrogen (secondary N) is 1. The summed E-state index contributed by atoms with van der Waals surface area (Å²) in [5.41, 5.74) is 2.07. The van der Waals surface area contributed by atoms with Crippen molar-refractivity contribution in [3.8, 4) is 0 Å². The van der Waals surface area contributed by atoms with Gasteiger partial charge in [0.15, 0.2) is 5.76 Å². The lowest BCUT2D eigenvalue weighted by molar-refractivity contribution is 0.0908. The number of hydrazine groups is 1. The Morgan fingerprint density at radius 2 is 2.35 bits per heavy atom. The minimum Gasteiger partial charge on any atom is -0.455 e. The van der Waals surface area contributed by atoms with Crippen LogP contribution in [0.1, 0.15) is 36.1 Å². The molecule has 1 fully saturated rings. The maximum absolute atomic E-state index is 11.4. The first-order valence-electron chi connectivity index (χ1n) is 6.98. The number of carbonyl (C=O) groups is 1. The number of hydrogen-bond acceptors (Lipinski definition) is 5. The van der Waals surface area contributed by atoms with Crippen LogP contribution in [0.3, 0.4) is 0 Å². The Kier molecular flexibility index (Phi) is 5.17. The molecule has 2 rings (SSSR count). The molecule has 1 aromatic rings. The number of nitrogen functional groups attached to an aromatic ring is 1. The van der Waals surface area contributed by atoms with Crippen LogP contribution in [0.4, 0.5) is 0 Å². The van der Waals surface area contributed by atoms with Crippen LogP contribution in [-0.4, -0.2) is 37.1 Å². The van der Waals surface area contributed by atoms with Gasteiger partial charge in [0, 0.05) is 19.7 Å². The summed E-state index contributed by atoms with van der Waals surface area (Å²) in [6.07, 6.45) is 2.59. The first-order chi connectivity index (χ1) is 9.65. The average Bonchev–Trinajstić information content (AvgIpc) is 3.21. The van der Waals surface area contributed by atoms with Crippen molar-refractivity contribution in [2.45, 2.75) is 32.4 Å². The molecule has 112 valence electrons. The SMILES string of the molecule is COCCN(Cc1ccc(C(=O)NN)o1)C(C)C1CC1. The van der Waals surface area contributed by atoms with E-state index in [9.17, 15) is 4.79 Å². The summed E-state index contributed by atoms with van der Waals surface area (Å²) in [5, 5.41) is 0. The Balaban J connectivity index is 1.98. The van der Waals surface area contributed by atoms with Gasteiger partial charge in [-0.25, -0.2) is 5.84 Å². The van der Waals surface area contributed by atoms with Gasteiger partial charge in [0.1, 0.15) is 5.76 Å². The number of nitrogens with two attached hydrogens (primary N) is 1. The van der Waals surface area contributed by atoms with E-state index in [1.54, 1.807) is 13.2 Å². The van der Waals surface area contributed by atoms with Crippen molar-refractivity contribution in [1.29, 1.82) is 0 Å². The van der Waals surface area contributed by atoms with Gasteiger partial charge in [0.2, 0.25) is 0 Å². The lowest BCUT2D eigenvalue weighted by Gasteiger charge is -2.28. The van der Waals surface area contributed by atoms with Gasteiger partial charge in [-0.1, -0.05) is 0 Å². The standard InChI is InChI=1S/C14H23N3O3/c1-10(11-3-4-11)17(7-8-19-2)9-12-5-6-13(20-12)14(18)16-15/h5-6,10-11H,3-4,7-9,15H2,1-2H3,(H,16,18). The quantitative estimate of drug-likeness (QED) is 0.424. The third kappa shape index (κ3) is 3.82. The third-order valence-corrected chi connectivity index (χ3v) is 3.84. The zero-order chi connectivity index (χ0) is 14.5. The molecule has 0 spiro atoms. The highest BCUT2D eigenvalue weighted by molar-refractivity contribution is 5.90. The van der Waals surface area contributed by atoms with Gasteiger partial charge in [-0.3, -0.25) is 15.1 Å². The minimum atomic E-state index is -0.407. The van der Waals surface area contributed by atoms with Crippen molar-refractivity contribution >= 4 is 5.91 Å². The second kappa shape index (κ2) is 6.88. The second-order valence-corrected chi connectivity index (χ2v) is 5.28. The predicted octanol–water partition coefficient (Wildman–Crippen LogP) is 1.13. The Hall–Kier alpha value is -1.37. The molecule has 6 nitrogen and oxygen atoms in total. The molecule has 0 radical (unpaired) electrons. The molecule has 1 atom stereocenters. The molecule has 1 heterocycles. The van der Waals surface area contributed by atoms with E-state index in [0.717, 1.165) is 18.2 Å². The summed E-state index contributed by atoms with van der Waals surface area (Å²) in [4.78, 5) is 13.7. The average molecular weight is 281 g/mol. The lowest BCUT2D eigenvalue weighted by Crippen LogP contribution is -2.36. The molecule has 1 aliphatic carbocycles. The smallest absolute Gasteiger partial charge is 0.300 e. The number of methoxy groups -OCH3 is 1. The van der Waals surface area contributed by atoms with Crippen LogP contribution in [0.15, 0.2) is 16.5 Å². The van der Waals surface area contributed by atoms with Crippen molar-refractivity contribution in [2.75, 3.05) is 20.3 Å². The summed E-state index contributed by atoms with van der Waals surface area (Å²) in [6, 6.07) is 3.97. The lowest BCUT2D eigenvalue weighted by atomic mass is 10.2. The normalized spacial score (nSPS) is 16.4. The third-order valence-electron chi connectivity index (χ3n) is 3.84. The van der Waals surface area contributed by atoms with Crippen molar-refractivity contribution in [1.82, 2.24) is 10.3 Å². The van der Waals surface area contributed by atoms with E-state index in [1.807, 2.05) is 6.07 Å². The van der Waals surface area contributed by atoms with E-state index in [4.69, 9.17) is 15.0 Å². The van der Waals surface area contributed by atoms with Crippen LogP contribution in [0.2, 0.25) is 0 Å². The topological polar surface area (TPSA) is 80.7 Å². The van der Waals surface area contributed by atoms with Crippen molar-refractivity contribution in [3.63, 3.8) is 0 Å². The molecule has 1 amide bonds. The molecular weight excluding hydrogens is 258 g/mol. The van der Waals surface area contributed by atoms with E-state index >= 15 is 0 Å². The molecule has 3 N–H and O–H groups in total. The van der Waals surface area contributed by atoms with Gasteiger partial charge in [-0.15, -0.1) is 0 Å². The first kappa shape index (κ1) is 15.0. The van der Waals surface area contributed by atoms with Crippen LogP contribution in [-0.2, 0) is 11.3 Å². The van der Waals surface area contributed by atoms with E-state index in [1.165, 1.54) is 12.8 Å². The molecular formula is C14H23N3O3. The molecule has 20 heavy (non-hydrogen) atoms. The van der Waals surface area contributed by atoms with Crippen LogP contribution in [0.25, 0.3) is 0 Å². The summed E-state index contributed by atoms with van der Waals surface area (Å²) in [5.74, 6) is 6.47. The second-order valence-electron chi connectivity index (χ2n) is 5.28. The number of furan rings is 1. The number of hydrogen-bond donors (Lipinski definition) is 2. The minimum absolute atomic E-state index is 0.244. The number of nitrogens with zero attached hydrogens (tertiary/aromatic N) is 1. The maximum Gasteiger partial charge on any atom is 0.300 e. The van der Waals surface area contributed by atoms with Crippen molar-refractivity contribution < 1.29 is 13.9 Å². The fourth-order valence-electron chi connectivity index (χ4n) is 2.37. The van der Waals surface area contributed by atoms with Gasteiger partial charge in [0.25, 0.3) is 0 Å². The maximum atomic E-state index is 11.4. The fraction of sp³-hybridized carbons (Fsp3) is 0.643. The Labute approximate surface area is 119 Å². The molecule has 1 saturated carbocycles. The van der Waals surface area contributed by atoms with Gasteiger partial charge < -0.3 is 9.15 Å². The number of amides is 1. The summed E-state index contributed by atoms with van der Waals surface area (Å²) in [6.45, 7) is 4.46. The molecule has 0 aromatic carbocycles. The molecule has 1 aliphatic rings. The summed E-state index contributed by atoms with van der Waals surface area (Å²) in [7, 11) is 1.70. The molecule has 1 unspecified atom stereocenters. The highest BCUT2D eigenvalue weighted by Crippen LogP contribution is 2.35. The van der Waals surface area contributed by atoms with Gasteiger partial charge in [-0.2, -0.15) is 0 Å². The highest BCUT2D eigenvalue weighted by Gasteiger charge is 2.32. The number of carbonyl (C=O) groups excluding carboxylic acids is 1. The molecule has 0 aliphatic heterocycles. The number of ether oxygens (including phenoxy) is 1. The van der Waals surface area contributed by atoms with E-state index in [2.05, 4.69) is 17.2 Å². The molecule has 0 bridgehead atoms. The Morgan fingerprint density at radius 3 is 2.95 bits per heavy atom. The van der Waals surface area contributed by atoms with Gasteiger partial charge >= 0.3 is 5.91 Å². The fourth-order valence-corrected chi connectivity index (χ4v) is 2.37. The molecule has 1 aromatic heterocycles. The number of rotatable bonds is 8. The van der Waals surface area contributed by atoms with Gasteiger partial charge in [0.05, 0.1) is 13.2 Å². The van der Waals surface area contributed by atoms with E-state index in [0.29, 0.717) is 19.2 Å².